The van der Waals surface area contributed by atoms with Gasteiger partial charge >= 0.3 is 5.97 Å². The Morgan fingerprint density at radius 3 is 2.50 bits per heavy atom. The number of phenols is 1. The Labute approximate surface area is 119 Å². The first-order valence-corrected chi connectivity index (χ1v) is 7.76. The molecule has 0 fully saturated rings. The van der Waals surface area contributed by atoms with Gasteiger partial charge in [-0.3, -0.25) is 4.72 Å². The fourth-order valence-corrected chi connectivity index (χ4v) is 3.90. The molecule has 6 nitrogen and oxygen atoms in total. The molecule has 8 heteroatoms. The SMILES string of the molecule is Cc1ccc(S(=O)(=O)Nc2cccc(C(=O)O)c2O)s1. The zero-order valence-corrected chi connectivity index (χ0v) is 12.0. The minimum absolute atomic E-state index is 0.0927. The number of carbonyl (C=O) groups is 1. The molecule has 20 heavy (non-hydrogen) atoms. The zero-order chi connectivity index (χ0) is 14.9. The Hall–Kier alpha value is -2.06. The molecule has 0 aliphatic rings. The van der Waals surface area contributed by atoms with Gasteiger partial charge < -0.3 is 10.2 Å². The van der Waals surface area contributed by atoms with Gasteiger partial charge in [0.05, 0.1) is 5.69 Å². The van der Waals surface area contributed by atoms with Crippen LogP contribution in [0.2, 0.25) is 0 Å². The molecule has 0 radical (unpaired) electrons. The van der Waals surface area contributed by atoms with E-state index in [-0.39, 0.29) is 15.5 Å². The van der Waals surface area contributed by atoms with E-state index in [9.17, 15) is 18.3 Å². The molecule has 106 valence electrons. The molecule has 0 atom stereocenters. The Morgan fingerprint density at radius 2 is 1.95 bits per heavy atom. The summed E-state index contributed by atoms with van der Waals surface area (Å²) in [5, 5.41) is 18.6. The van der Waals surface area contributed by atoms with E-state index in [1.165, 1.54) is 24.3 Å². The lowest BCUT2D eigenvalue weighted by atomic mass is 10.2. The van der Waals surface area contributed by atoms with E-state index in [0.29, 0.717) is 0 Å². The Kier molecular flexibility index (Phi) is 3.69. The monoisotopic (exact) mass is 313 g/mol. The molecular formula is C12H11NO5S2. The second-order valence-corrected chi connectivity index (χ2v) is 7.17. The number of aryl methyl sites for hydroxylation is 1. The van der Waals surface area contributed by atoms with Gasteiger partial charge in [0, 0.05) is 4.88 Å². The van der Waals surface area contributed by atoms with Crippen molar-refractivity contribution >= 4 is 33.0 Å². The summed E-state index contributed by atoms with van der Waals surface area (Å²) in [5.41, 5.74) is -0.538. The van der Waals surface area contributed by atoms with E-state index in [1.54, 1.807) is 13.0 Å². The van der Waals surface area contributed by atoms with Gasteiger partial charge in [0.15, 0.2) is 5.75 Å². The Bertz CT molecular complexity index is 764. The van der Waals surface area contributed by atoms with Crippen molar-refractivity contribution in [3.05, 3.63) is 40.8 Å². The summed E-state index contributed by atoms with van der Waals surface area (Å²) in [6.45, 7) is 1.77. The van der Waals surface area contributed by atoms with Crippen LogP contribution < -0.4 is 4.72 Å². The summed E-state index contributed by atoms with van der Waals surface area (Å²) < 4.78 is 26.5. The molecule has 0 spiro atoms. The molecule has 2 aromatic rings. The topological polar surface area (TPSA) is 104 Å². The van der Waals surface area contributed by atoms with Crippen LogP contribution in [0.3, 0.4) is 0 Å². The third kappa shape index (κ3) is 2.75. The van der Waals surface area contributed by atoms with Gasteiger partial charge in [0.1, 0.15) is 9.77 Å². The quantitative estimate of drug-likeness (QED) is 0.751. The van der Waals surface area contributed by atoms with Crippen molar-refractivity contribution < 1.29 is 23.4 Å². The molecule has 0 unspecified atom stereocenters. The zero-order valence-electron chi connectivity index (χ0n) is 10.3. The number of hydrogen-bond acceptors (Lipinski definition) is 5. The van der Waals surface area contributed by atoms with Crippen LogP contribution >= 0.6 is 11.3 Å². The number of aromatic carboxylic acids is 1. The van der Waals surface area contributed by atoms with Crippen molar-refractivity contribution in [3.63, 3.8) is 0 Å². The lowest BCUT2D eigenvalue weighted by Crippen LogP contribution is -2.12. The number of hydrogen-bond donors (Lipinski definition) is 3. The molecule has 1 aromatic carbocycles. The maximum atomic E-state index is 12.1. The highest BCUT2D eigenvalue weighted by Crippen LogP contribution is 2.30. The largest absolute Gasteiger partial charge is 0.505 e. The van der Waals surface area contributed by atoms with Crippen LogP contribution in [0.1, 0.15) is 15.2 Å². The second kappa shape index (κ2) is 5.14. The van der Waals surface area contributed by atoms with Gasteiger partial charge in [0.25, 0.3) is 10.0 Å². The summed E-state index contributed by atoms with van der Waals surface area (Å²) >= 11 is 1.08. The number of carboxylic acids is 1. The first-order valence-electron chi connectivity index (χ1n) is 5.46. The van der Waals surface area contributed by atoms with Gasteiger partial charge in [0.2, 0.25) is 0 Å². The molecule has 0 aliphatic heterocycles. The lowest BCUT2D eigenvalue weighted by molar-refractivity contribution is 0.0694. The molecule has 0 bridgehead atoms. The highest BCUT2D eigenvalue weighted by atomic mass is 32.2. The van der Waals surface area contributed by atoms with Crippen LogP contribution in [-0.2, 0) is 10.0 Å². The number of para-hydroxylation sites is 1. The third-order valence-corrected chi connectivity index (χ3v) is 5.35. The fraction of sp³-hybridized carbons (Fsp3) is 0.0833. The second-order valence-electron chi connectivity index (χ2n) is 3.98. The number of carboxylic acid groups (broad SMARTS) is 1. The van der Waals surface area contributed by atoms with Crippen molar-refractivity contribution in [1.29, 1.82) is 0 Å². The number of anilines is 1. The summed E-state index contributed by atoms with van der Waals surface area (Å²) in [5.74, 6) is -1.95. The lowest BCUT2D eigenvalue weighted by Gasteiger charge is -2.09. The normalized spacial score (nSPS) is 11.2. The van der Waals surface area contributed by atoms with Crippen molar-refractivity contribution in [1.82, 2.24) is 0 Å². The Balaban J connectivity index is 2.40. The molecule has 0 saturated heterocycles. The molecule has 1 aromatic heterocycles. The molecule has 3 N–H and O–H groups in total. The van der Waals surface area contributed by atoms with Crippen LogP contribution in [0.5, 0.6) is 5.75 Å². The predicted octanol–water partition coefficient (Wildman–Crippen LogP) is 2.26. The van der Waals surface area contributed by atoms with Crippen LogP contribution in [0.4, 0.5) is 5.69 Å². The molecular weight excluding hydrogens is 302 g/mol. The fourth-order valence-electron chi connectivity index (χ4n) is 1.55. The van der Waals surface area contributed by atoms with Gasteiger partial charge in [-0.1, -0.05) is 6.07 Å². The van der Waals surface area contributed by atoms with Crippen molar-refractivity contribution in [3.8, 4) is 5.75 Å². The average Bonchev–Trinajstić information content (AvgIpc) is 2.79. The number of rotatable bonds is 4. The van der Waals surface area contributed by atoms with E-state index >= 15 is 0 Å². The summed E-state index contributed by atoms with van der Waals surface area (Å²) in [6.07, 6.45) is 0. The number of nitrogens with one attached hydrogen (secondary N) is 1. The van der Waals surface area contributed by atoms with Gasteiger partial charge in [-0.2, -0.15) is 0 Å². The van der Waals surface area contributed by atoms with Crippen molar-refractivity contribution in [2.75, 3.05) is 4.72 Å². The minimum atomic E-state index is -3.84. The van der Waals surface area contributed by atoms with E-state index in [1.807, 2.05) is 0 Å². The summed E-state index contributed by atoms with van der Waals surface area (Å²) in [7, 11) is -3.84. The van der Waals surface area contributed by atoms with Gasteiger partial charge in [-0.05, 0) is 31.2 Å². The summed E-state index contributed by atoms with van der Waals surface area (Å²) in [6, 6.07) is 6.93. The molecule has 0 aliphatic carbocycles. The first kappa shape index (κ1) is 14.4. The van der Waals surface area contributed by atoms with Crippen molar-refractivity contribution in [2.45, 2.75) is 11.1 Å². The first-order chi connectivity index (χ1) is 9.31. The number of thiophene rings is 1. The number of benzene rings is 1. The third-order valence-electron chi connectivity index (χ3n) is 2.49. The van der Waals surface area contributed by atoms with Gasteiger partial charge in [-0.15, -0.1) is 11.3 Å². The smallest absolute Gasteiger partial charge is 0.339 e. The average molecular weight is 313 g/mol. The molecule has 0 amide bonds. The standard InChI is InChI=1S/C12H11NO5S2/c1-7-5-6-10(19-7)20(17,18)13-9-4-2-3-8(11(9)14)12(15)16/h2-6,13-14H,1H3,(H,15,16). The summed E-state index contributed by atoms with van der Waals surface area (Å²) in [4.78, 5) is 11.7. The minimum Gasteiger partial charge on any atom is -0.505 e. The van der Waals surface area contributed by atoms with E-state index in [2.05, 4.69) is 4.72 Å². The van der Waals surface area contributed by atoms with Crippen LogP contribution in [0.15, 0.2) is 34.5 Å². The van der Waals surface area contributed by atoms with Crippen LogP contribution in [0.25, 0.3) is 0 Å². The molecule has 1 heterocycles. The molecule has 2 rings (SSSR count). The number of aromatic hydroxyl groups is 1. The molecule has 0 saturated carbocycles. The number of sulfonamides is 1. The van der Waals surface area contributed by atoms with E-state index in [0.717, 1.165) is 16.2 Å². The predicted molar refractivity (Wildman–Crippen MR) is 74.9 cm³/mol. The maximum absolute atomic E-state index is 12.1. The maximum Gasteiger partial charge on any atom is 0.339 e. The van der Waals surface area contributed by atoms with Crippen LogP contribution in [-0.4, -0.2) is 24.6 Å². The van der Waals surface area contributed by atoms with E-state index < -0.39 is 21.7 Å². The van der Waals surface area contributed by atoms with E-state index in [4.69, 9.17) is 5.11 Å². The van der Waals surface area contributed by atoms with Crippen molar-refractivity contribution in [2.24, 2.45) is 0 Å². The van der Waals surface area contributed by atoms with Gasteiger partial charge in [-0.25, -0.2) is 13.2 Å². The van der Waals surface area contributed by atoms with Crippen LogP contribution in [0, 0.1) is 6.92 Å². The highest BCUT2D eigenvalue weighted by molar-refractivity contribution is 7.94. The Morgan fingerprint density at radius 1 is 1.25 bits per heavy atom. The highest BCUT2D eigenvalue weighted by Gasteiger charge is 2.20.